The van der Waals surface area contributed by atoms with E-state index in [4.69, 9.17) is 5.11 Å². The predicted molar refractivity (Wildman–Crippen MR) is 60.2 cm³/mol. The van der Waals surface area contributed by atoms with Gasteiger partial charge in [0, 0.05) is 6.07 Å². The number of carboxylic acids is 1. The summed E-state index contributed by atoms with van der Waals surface area (Å²) in [6.45, 7) is 1.86. The van der Waals surface area contributed by atoms with Crippen molar-refractivity contribution in [3.05, 3.63) is 47.3 Å². The molecule has 18 heavy (non-hydrogen) atoms. The number of carboxylic acid groups (broad SMARTS) is 1. The van der Waals surface area contributed by atoms with Crippen molar-refractivity contribution in [1.82, 2.24) is 9.78 Å². The SMILES string of the molecule is Cc1ccc(-n2nc(C(=O)O)cc2C(F)F)cc1. The third-order valence-electron chi connectivity index (χ3n) is 2.46. The monoisotopic (exact) mass is 252 g/mol. The van der Waals surface area contributed by atoms with Crippen molar-refractivity contribution < 1.29 is 18.7 Å². The van der Waals surface area contributed by atoms with E-state index in [1.165, 1.54) is 0 Å². The van der Waals surface area contributed by atoms with Gasteiger partial charge in [-0.15, -0.1) is 0 Å². The maximum Gasteiger partial charge on any atom is 0.356 e. The van der Waals surface area contributed by atoms with E-state index in [2.05, 4.69) is 5.10 Å². The zero-order valence-electron chi connectivity index (χ0n) is 9.47. The summed E-state index contributed by atoms with van der Waals surface area (Å²) in [6, 6.07) is 7.59. The Labute approximate surface area is 101 Å². The number of carbonyl (C=O) groups is 1. The highest BCUT2D eigenvalue weighted by Gasteiger charge is 2.20. The number of aromatic nitrogens is 2. The fourth-order valence-electron chi connectivity index (χ4n) is 1.55. The minimum atomic E-state index is -2.79. The fourth-order valence-corrected chi connectivity index (χ4v) is 1.55. The molecular weight excluding hydrogens is 242 g/mol. The van der Waals surface area contributed by atoms with Crippen LogP contribution in [0.4, 0.5) is 8.78 Å². The molecule has 1 heterocycles. The van der Waals surface area contributed by atoms with Crippen LogP contribution < -0.4 is 0 Å². The molecule has 1 N–H and O–H groups in total. The summed E-state index contributed by atoms with van der Waals surface area (Å²) in [4.78, 5) is 10.8. The highest BCUT2D eigenvalue weighted by molar-refractivity contribution is 5.85. The highest BCUT2D eigenvalue weighted by atomic mass is 19.3. The van der Waals surface area contributed by atoms with Gasteiger partial charge in [-0.05, 0) is 19.1 Å². The molecule has 0 aliphatic carbocycles. The maximum absolute atomic E-state index is 12.8. The fraction of sp³-hybridized carbons (Fsp3) is 0.167. The van der Waals surface area contributed by atoms with E-state index in [1.807, 2.05) is 6.92 Å². The van der Waals surface area contributed by atoms with Gasteiger partial charge in [0.15, 0.2) is 5.69 Å². The van der Waals surface area contributed by atoms with Crippen molar-refractivity contribution in [2.45, 2.75) is 13.3 Å². The number of alkyl halides is 2. The van der Waals surface area contributed by atoms with Gasteiger partial charge in [0.05, 0.1) is 5.69 Å². The molecule has 1 aromatic carbocycles. The van der Waals surface area contributed by atoms with Crippen LogP contribution in [0.5, 0.6) is 0 Å². The van der Waals surface area contributed by atoms with Crippen molar-refractivity contribution in [3.63, 3.8) is 0 Å². The Kier molecular flexibility index (Phi) is 3.10. The summed E-state index contributed by atoms with van der Waals surface area (Å²) in [7, 11) is 0. The molecule has 0 unspecified atom stereocenters. The van der Waals surface area contributed by atoms with Crippen molar-refractivity contribution in [2.75, 3.05) is 0 Å². The van der Waals surface area contributed by atoms with Gasteiger partial charge in [0.1, 0.15) is 5.69 Å². The zero-order valence-corrected chi connectivity index (χ0v) is 9.47. The molecule has 1 aromatic heterocycles. The minimum absolute atomic E-state index is 0.397. The van der Waals surface area contributed by atoms with E-state index in [0.717, 1.165) is 16.3 Å². The Morgan fingerprint density at radius 2 is 1.94 bits per heavy atom. The molecule has 0 aliphatic rings. The number of halogens is 2. The summed E-state index contributed by atoms with van der Waals surface area (Å²) < 4.78 is 26.6. The van der Waals surface area contributed by atoms with Crippen molar-refractivity contribution in [1.29, 1.82) is 0 Å². The van der Waals surface area contributed by atoms with Crippen LogP contribution in [0.3, 0.4) is 0 Å². The lowest BCUT2D eigenvalue weighted by atomic mass is 10.2. The molecule has 0 fully saturated rings. The molecule has 2 aromatic rings. The molecule has 4 nitrogen and oxygen atoms in total. The normalized spacial score (nSPS) is 10.9. The van der Waals surface area contributed by atoms with Crippen LogP contribution in [0.2, 0.25) is 0 Å². The molecule has 0 radical (unpaired) electrons. The summed E-state index contributed by atoms with van der Waals surface area (Å²) in [5.74, 6) is -1.33. The Bertz CT molecular complexity index is 576. The second-order valence-electron chi connectivity index (χ2n) is 3.81. The molecule has 0 bridgehead atoms. The Morgan fingerprint density at radius 1 is 1.33 bits per heavy atom. The average molecular weight is 252 g/mol. The summed E-state index contributed by atoms with van der Waals surface area (Å²) in [6.07, 6.45) is -2.79. The van der Waals surface area contributed by atoms with Crippen LogP contribution in [-0.4, -0.2) is 20.9 Å². The van der Waals surface area contributed by atoms with Gasteiger partial charge in [0.2, 0.25) is 0 Å². The quantitative estimate of drug-likeness (QED) is 0.913. The Hall–Kier alpha value is -2.24. The van der Waals surface area contributed by atoms with Gasteiger partial charge in [-0.2, -0.15) is 5.10 Å². The maximum atomic E-state index is 12.8. The standard InChI is InChI=1S/C12H10F2N2O2/c1-7-2-4-8(5-3-7)16-10(11(13)14)6-9(15-16)12(17)18/h2-6,11H,1H3,(H,17,18). The van der Waals surface area contributed by atoms with E-state index in [1.54, 1.807) is 24.3 Å². The molecule has 0 aliphatic heterocycles. The molecule has 94 valence electrons. The Balaban J connectivity index is 2.54. The Morgan fingerprint density at radius 3 is 2.44 bits per heavy atom. The number of hydrogen-bond acceptors (Lipinski definition) is 2. The van der Waals surface area contributed by atoms with Gasteiger partial charge < -0.3 is 5.11 Å². The van der Waals surface area contributed by atoms with Crippen LogP contribution in [0.15, 0.2) is 30.3 Å². The first-order chi connectivity index (χ1) is 8.49. The van der Waals surface area contributed by atoms with Crippen molar-refractivity contribution in [3.8, 4) is 5.69 Å². The van der Waals surface area contributed by atoms with Gasteiger partial charge in [0.25, 0.3) is 6.43 Å². The minimum Gasteiger partial charge on any atom is -0.476 e. The molecule has 2 rings (SSSR count). The summed E-state index contributed by atoms with van der Waals surface area (Å²) >= 11 is 0. The van der Waals surface area contributed by atoms with Crippen LogP contribution in [0, 0.1) is 6.92 Å². The summed E-state index contributed by atoms with van der Waals surface area (Å²) in [5.41, 5.74) is 0.550. The first-order valence-electron chi connectivity index (χ1n) is 5.17. The first-order valence-corrected chi connectivity index (χ1v) is 5.17. The van der Waals surface area contributed by atoms with E-state index < -0.39 is 23.8 Å². The number of aromatic carboxylic acids is 1. The molecule has 6 heteroatoms. The van der Waals surface area contributed by atoms with Crippen LogP contribution in [0.1, 0.15) is 28.2 Å². The largest absolute Gasteiger partial charge is 0.476 e. The highest BCUT2D eigenvalue weighted by Crippen LogP contribution is 2.23. The number of nitrogens with zero attached hydrogens (tertiary/aromatic N) is 2. The molecule has 0 saturated heterocycles. The number of aryl methyl sites for hydroxylation is 1. The lowest BCUT2D eigenvalue weighted by Crippen LogP contribution is -2.04. The molecule has 0 amide bonds. The smallest absolute Gasteiger partial charge is 0.356 e. The number of benzene rings is 1. The number of rotatable bonds is 3. The average Bonchev–Trinajstić information content (AvgIpc) is 2.75. The molecule has 0 saturated carbocycles. The third-order valence-corrected chi connectivity index (χ3v) is 2.46. The third kappa shape index (κ3) is 2.22. The van der Waals surface area contributed by atoms with Gasteiger partial charge in [-0.25, -0.2) is 18.3 Å². The summed E-state index contributed by atoms with van der Waals surface area (Å²) in [5, 5.41) is 12.4. The zero-order chi connectivity index (χ0) is 13.3. The lowest BCUT2D eigenvalue weighted by molar-refractivity contribution is 0.0690. The first kappa shape index (κ1) is 12.2. The van der Waals surface area contributed by atoms with Gasteiger partial charge in [-0.3, -0.25) is 0 Å². The van der Waals surface area contributed by atoms with E-state index >= 15 is 0 Å². The second-order valence-corrected chi connectivity index (χ2v) is 3.81. The molecule has 0 atom stereocenters. The molecule has 0 spiro atoms. The van der Waals surface area contributed by atoms with E-state index in [-0.39, 0.29) is 0 Å². The van der Waals surface area contributed by atoms with Crippen molar-refractivity contribution >= 4 is 5.97 Å². The van der Waals surface area contributed by atoms with E-state index in [9.17, 15) is 13.6 Å². The van der Waals surface area contributed by atoms with Gasteiger partial charge in [-0.1, -0.05) is 17.7 Å². The number of hydrogen-bond donors (Lipinski definition) is 1. The topological polar surface area (TPSA) is 55.1 Å². The van der Waals surface area contributed by atoms with Crippen LogP contribution >= 0.6 is 0 Å². The van der Waals surface area contributed by atoms with Gasteiger partial charge >= 0.3 is 5.97 Å². The predicted octanol–water partition coefficient (Wildman–Crippen LogP) is 2.82. The lowest BCUT2D eigenvalue weighted by Gasteiger charge is -2.06. The molecular formula is C12H10F2N2O2. The second kappa shape index (κ2) is 4.56. The van der Waals surface area contributed by atoms with Crippen molar-refractivity contribution in [2.24, 2.45) is 0 Å². The van der Waals surface area contributed by atoms with Crippen LogP contribution in [0.25, 0.3) is 5.69 Å². The van der Waals surface area contributed by atoms with Crippen LogP contribution in [-0.2, 0) is 0 Å². The van der Waals surface area contributed by atoms with E-state index in [0.29, 0.717) is 5.69 Å².